The van der Waals surface area contributed by atoms with E-state index < -0.39 is 10.2 Å². The maximum absolute atomic E-state index is 12.2. The number of halogens is 1. The van der Waals surface area contributed by atoms with Gasteiger partial charge in [-0.25, -0.2) is 0 Å². The predicted octanol–water partition coefficient (Wildman–Crippen LogP) is 0.865. The molecule has 0 atom stereocenters. The summed E-state index contributed by atoms with van der Waals surface area (Å²) in [5, 5.41) is 0. The highest BCUT2D eigenvalue weighted by Crippen LogP contribution is 2.22. The average Bonchev–Trinajstić information content (AvgIpc) is 2.32. The number of hydrogen-bond donors (Lipinski definition) is 1. The summed E-state index contributed by atoms with van der Waals surface area (Å²) in [7, 11) is -4.53. The number of hydrogen-bond acceptors (Lipinski definition) is 4. The molecule has 0 aliphatic rings. The van der Waals surface area contributed by atoms with Crippen molar-refractivity contribution in [3.63, 3.8) is 0 Å². The lowest BCUT2D eigenvalue weighted by Gasteiger charge is -1.85. The molecule has 0 aliphatic carbocycles. The van der Waals surface area contributed by atoms with Gasteiger partial charge in [-0.3, -0.25) is 0 Å². The van der Waals surface area contributed by atoms with Crippen molar-refractivity contribution in [2.75, 3.05) is 0 Å². The summed E-state index contributed by atoms with van der Waals surface area (Å²) in [5.41, 5.74) is 5.20. The van der Waals surface area contributed by atoms with Crippen molar-refractivity contribution >= 4 is 21.6 Å². The quantitative estimate of drug-likeness (QED) is 0.712. The standard InChI is InChI=1S/C5H6FNO2S2/c6-11(8,9)5-2-1-4(3-7)10-5/h1-2H,3,7H2. The maximum atomic E-state index is 12.2. The van der Waals surface area contributed by atoms with Crippen molar-refractivity contribution in [1.29, 1.82) is 0 Å². The van der Waals surface area contributed by atoms with E-state index in [2.05, 4.69) is 0 Å². The van der Waals surface area contributed by atoms with Crippen LogP contribution in [0.4, 0.5) is 3.89 Å². The van der Waals surface area contributed by atoms with Gasteiger partial charge in [0.15, 0.2) is 4.21 Å². The van der Waals surface area contributed by atoms with Crippen LogP contribution in [-0.4, -0.2) is 8.42 Å². The highest BCUT2D eigenvalue weighted by Gasteiger charge is 2.13. The Kier molecular flexibility index (Phi) is 2.26. The molecule has 2 N–H and O–H groups in total. The zero-order valence-electron chi connectivity index (χ0n) is 5.45. The molecule has 0 aromatic carbocycles. The molecule has 0 amide bonds. The molecule has 0 spiro atoms. The summed E-state index contributed by atoms with van der Waals surface area (Å²) in [5.74, 6) is 0. The van der Waals surface area contributed by atoms with Crippen LogP contribution in [0.5, 0.6) is 0 Å². The molecule has 0 aliphatic heterocycles. The molecule has 0 saturated carbocycles. The molecule has 0 fully saturated rings. The van der Waals surface area contributed by atoms with Crippen LogP contribution in [0, 0.1) is 0 Å². The third-order valence-electron chi connectivity index (χ3n) is 1.08. The summed E-state index contributed by atoms with van der Waals surface area (Å²) in [6.07, 6.45) is 0. The molecule has 3 nitrogen and oxygen atoms in total. The van der Waals surface area contributed by atoms with E-state index in [0.717, 1.165) is 11.3 Å². The molecule has 1 heterocycles. The van der Waals surface area contributed by atoms with Gasteiger partial charge in [0.1, 0.15) is 0 Å². The van der Waals surface area contributed by atoms with E-state index in [-0.39, 0.29) is 10.8 Å². The summed E-state index contributed by atoms with van der Waals surface area (Å²) in [6.45, 7) is 0.236. The molecule has 0 radical (unpaired) electrons. The first-order chi connectivity index (χ1) is 5.04. The minimum Gasteiger partial charge on any atom is -0.326 e. The minimum atomic E-state index is -4.53. The fraction of sp³-hybridized carbons (Fsp3) is 0.200. The maximum Gasteiger partial charge on any atom is 0.341 e. The van der Waals surface area contributed by atoms with Crippen LogP contribution >= 0.6 is 11.3 Å². The van der Waals surface area contributed by atoms with E-state index in [1.54, 1.807) is 0 Å². The summed E-state index contributed by atoms with van der Waals surface area (Å²) < 4.78 is 32.5. The van der Waals surface area contributed by atoms with E-state index in [9.17, 15) is 12.3 Å². The third kappa shape index (κ3) is 1.98. The lowest BCUT2D eigenvalue weighted by Crippen LogP contribution is -1.91. The molecule has 0 saturated heterocycles. The van der Waals surface area contributed by atoms with Gasteiger partial charge in [0, 0.05) is 11.4 Å². The van der Waals surface area contributed by atoms with Crippen LogP contribution in [0.15, 0.2) is 16.3 Å². The smallest absolute Gasteiger partial charge is 0.326 e. The number of rotatable bonds is 2. The van der Waals surface area contributed by atoms with Gasteiger partial charge in [0.05, 0.1) is 0 Å². The van der Waals surface area contributed by atoms with Crippen molar-refractivity contribution in [2.24, 2.45) is 5.73 Å². The van der Waals surface area contributed by atoms with Crippen molar-refractivity contribution in [2.45, 2.75) is 10.8 Å². The van der Waals surface area contributed by atoms with Crippen molar-refractivity contribution in [1.82, 2.24) is 0 Å². The minimum absolute atomic E-state index is 0.236. The normalized spacial score (nSPS) is 11.8. The van der Waals surface area contributed by atoms with Gasteiger partial charge in [-0.05, 0) is 12.1 Å². The van der Waals surface area contributed by atoms with Crippen LogP contribution in [0.3, 0.4) is 0 Å². The van der Waals surface area contributed by atoms with Crippen LogP contribution < -0.4 is 5.73 Å². The van der Waals surface area contributed by atoms with Gasteiger partial charge < -0.3 is 5.73 Å². The summed E-state index contributed by atoms with van der Waals surface area (Å²) in [4.78, 5) is 0.654. The SMILES string of the molecule is NCc1ccc(S(=O)(=O)F)s1. The molecule has 1 aromatic rings. The third-order valence-corrected chi connectivity index (χ3v) is 3.44. The molecule has 6 heteroatoms. The Labute approximate surface area is 67.9 Å². The van der Waals surface area contributed by atoms with Gasteiger partial charge in [-0.2, -0.15) is 8.42 Å². The van der Waals surface area contributed by atoms with Crippen molar-refractivity contribution in [3.05, 3.63) is 17.0 Å². The van der Waals surface area contributed by atoms with Crippen molar-refractivity contribution < 1.29 is 12.3 Å². The molecule has 0 unspecified atom stereocenters. The van der Waals surface area contributed by atoms with E-state index in [1.807, 2.05) is 0 Å². The van der Waals surface area contributed by atoms with Gasteiger partial charge in [-0.1, -0.05) is 3.89 Å². The van der Waals surface area contributed by atoms with Crippen LogP contribution in [0.1, 0.15) is 4.88 Å². The summed E-state index contributed by atoms with van der Waals surface area (Å²) in [6, 6.07) is 2.71. The average molecular weight is 195 g/mol. The Morgan fingerprint density at radius 1 is 1.55 bits per heavy atom. The van der Waals surface area contributed by atoms with E-state index in [0.29, 0.717) is 4.88 Å². The van der Waals surface area contributed by atoms with E-state index >= 15 is 0 Å². The lowest BCUT2D eigenvalue weighted by molar-refractivity contribution is 0.554. The lowest BCUT2D eigenvalue weighted by atomic mass is 10.5. The Bertz CT molecular complexity index is 343. The second-order valence-corrected chi connectivity index (χ2v) is 4.60. The highest BCUT2D eigenvalue weighted by atomic mass is 32.3. The zero-order chi connectivity index (χ0) is 8.48. The Morgan fingerprint density at radius 2 is 2.18 bits per heavy atom. The molecular weight excluding hydrogens is 189 g/mol. The first-order valence-electron chi connectivity index (χ1n) is 2.77. The Hall–Kier alpha value is -0.460. The van der Waals surface area contributed by atoms with Crippen LogP contribution in [-0.2, 0) is 16.8 Å². The molecule has 1 aromatic heterocycles. The van der Waals surface area contributed by atoms with Gasteiger partial charge in [0.25, 0.3) is 0 Å². The Morgan fingerprint density at radius 3 is 2.45 bits per heavy atom. The molecule has 11 heavy (non-hydrogen) atoms. The van der Waals surface area contributed by atoms with Gasteiger partial charge in [0.2, 0.25) is 0 Å². The van der Waals surface area contributed by atoms with Crippen LogP contribution in [0.2, 0.25) is 0 Å². The van der Waals surface area contributed by atoms with Crippen molar-refractivity contribution in [3.8, 4) is 0 Å². The monoisotopic (exact) mass is 195 g/mol. The zero-order valence-corrected chi connectivity index (χ0v) is 7.08. The fourth-order valence-electron chi connectivity index (χ4n) is 0.599. The molecule has 0 bridgehead atoms. The Balaban J connectivity index is 3.09. The number of thiophene rings is 1. The van der Waals surface area contributed by atoms with Gasteiger partial charge >= 0.3 is 10.2 Å². The summed E-state index contributed by atoms with van der Waals surface area (Å²) >= 11 is 0.852. The molecular formula is C5H6FNO2S2. The molecule has 62 valence electrons. The highest BCUT2D eigenvalue weighted by molar-refractivity contribution is 7.88. The van der Waals surface area contributed by atoms with Crippen LogP contribution in [0.25, 0.3) is 0 Å². The van der Waals surface area contributed by atoms with E-state index in [4.69, 9.17) is 5.73 Å². The molecule has 1 rings (SSSR count). The fourth-order valence-corrected chi connectivity index (χ4v) is 2.16. The predicted molar refractivity (Wildman–Crippen MR) is 40.5 cm³/mol. The largest absolute Gasteiger partial charge is 0.341 e. The van der Waals surface area contributed by atoms with E-state index in [1.165, 1.54) is 12.1 Å². The van der Waals surface area contributed by atoms with Gasteiger partial charge in [-0.15, -0.1) is 11.3 Å². The second kappa shape index (κ2) is 2.88. The second-order valence-electron chi connectivity index (χ2n) is 1.86. The topological polar surface area (TPSA) is 60.2 Å². The first-order valence-corrected chi connectivity index (χ1v) is 4.97. The number of nitrogens with two attached hydrogens (primary N) is 1. The first kappa shape index (κ1) is 8.63.